The molecule has 0 N–H and O–H groups in total. The van der Waals surface area contributed by atoms with Crippen molar-refractivity contribution in [2.24, 2.45) is 0 Å². The standard InChI is InChI=1S/C9H8BrClO4S/c10-6-4-7-8(15-3-1-2-14-7)5-9(6)16(11,12)13/h4-5H,1-3H2. The molecule has 0 aliphatic carbocycles. The van der Waals surface area contributed by atoms with Crippen LogP contribution in [0.5, 0.6) is 11.5 Å². The van der Waals surface area contributed by atoms with Crippen molar-refractivity contribution in [3.8, 4) is 11.5 Å². The summed E-state index contributed by atoms with van der Waals surface area (Å²) < 4.78 is 33.7. The van der Waals surface area contributed by atoms with Crippen molar-refractivity contribution in [2.45, 2.75) is 11.3 Å². The van der Waals surface area contributed by atoms with E-state index in [4.69, 9.17) is 20.2 Å². The lowest BCUT2D eigenvalue weighted by atomic mass is 10.3. The van der Waals surface area contributed by atoms with Gasteiger partial charge < -0.3 is 9.47 Å². The summed E-state index contributed by atoms with van der Waals surface area (Å²) in [5, 5.41) is 0. The van der Waals surface area contributed by atoms with E-state index >= 15 is 0 Å². The van der Waals surface area contributed by atoms with Crippen molar-refractivity contribution in [1.82, 2.24) is 0 Å². The quantitative estimate of drug-likeness (QED) is 0.744. The number of ether oxygens (including phenoxy) is 2. The van der Waals surface area contributed by atoms with Crippen LogP contribution in [-0.4, -0.2) is 21.6 Å². The molecule has 1 aliphatic heterocycles. The second-order valence-corrected chi connectivity index (χ2v) is 6.61. The van der Waals surface area contributed by atoms with Crippen molar-refractivity contribution in [3.63, 3.8) is 0 Å². The Bertz CT molecular complexity index is 514. The molecule has 4 nitrogen and oxygen atoms in total. The van der Waals surface area contributed by atoms with Gasteiger partial charge in [0.1, 0.15) is 4.90 Å². The first-order valence-electron chi connectivity index (χ1n) is 4.52. The zero-order valence-corrected chi connectivity index (χ0v) is 11.2. The zero-order valence-electron chi connectivity index (χ0n) is 8.07. The second-order valence-electron chi connectivity index (χ2n) is 3.22. The molecule has 0 unspecified atom stereocenters. The minimum Gasteiger partial charge on any atom is -0.490 e. The summed E-state index contributed by atoms with van der Waals surface area (Å²) in [6.45, 7) is 1.04. The lowest BCUT2D eigenvalue weighted by Crippen LogP contribution is -1.97. The predicted octanol–water partition coefficient (Wildman–Crippen LogP) is 2.54. The van der Waals surface area contributed by atoms with Gasteiger partial charge in [0.05, 0.1) is 13.2 Å². The smallest absolute Gasteiger partial charge is 0.262 e. The van der Waals surface area contributed by atoms with E-state index in [2.05, 4.69) is 15.9 Å². The third-order valence-corrected chi connectivity index (χ3v) is 4.35. The molecule has 0 amide bonds. The van der Waals surface area contributed by atoms with Gasteiger partial charge in [0.25, 0.3) is 9.05 Å². The van der Waals surface area contributed by atoms with Crippen LogP contribution in [0.1, 0.15) is 6.42 Å². The van der Waals surface area contributed by atoms with E-state index in [1.807, 2.05) is 0 Å². The highest BCUT2D eigenvalue weighted by atomic mass is 79.9. The molecule has 1 aliphatic rings. The van der Waals surface area contributed by atoms with Crippen LogP contribution in [-0.2, 0) is 9.05 Å². The fraction of sp³-hybridized carbons (Fsp3) is 0.333. The number of halogens is 2. The van der Waals surface area contributed by atoms with Crippen LogP contribution in [0.15, 0.2) is 21.5 Å². The van der Waals surface area contributed by atoms with Crippen molar-refractivity contribution < 1.29 is 17.9 Å². The van der Waals surface area contributed by atoms with Crippen LogP contribution in [0.4, 0.5) is 0 Å². The first-order chi connectivity index (χ1) is 7.48. The Hall–Kier alpha value is -0.460. The number of fused-ring (bicyclic) bond motifs is 1. The second kappa shape index (κ2) is 4.43. The topological polar surface area (TPSA) is 52.6 Å². The van der Waals surface area contributed by atoms with Gasteiger partial charge in [-0.3, -0.25) is 0 Å². The van der Waals surface area contributed by atoms with Crippen LogP contribution < -0.4 is 9.47 Å². The maximum atomic E-state index is 11.3. The Morgan fingerprint density at radius 2 is 1.75 bits per heavy atom. The lowest BCUT2D eigenvalue weighted by Gasteiger charge is -2.09. The van der Waals surface area contributed by atoms with E-state index in [9.17, 15) is 8.42 Å². The summed E-state index contributed by atoms with van der Waals surface area (Å²) in [5.41, 5.74) is 0. The Kier molecular flexibility index (Phi) is 3.32. The average molecular weight is 328 g/mol. The molecule has 16 heavy (non-hydrogen) atoms. The maximum absolute atomic E-state index is 11.3. The van der Waals surface area contributed by atoms with Crippen molar-refractivity contribution >= 4 is 35.7 Å². The molecule has 0 aromatic heterocycles. The number of benzene rings is 1. The average Bonchev–Trinajstić information content (AvgIpc) is 2.39. The molecule has 1 aromatic rings. The SMILES string of the molecule is O=S(=O)(Cl)c1cc2c(cc1Br)OCCCO2. The van der Waals surface area contributed by atoms with Crippen LogP contribution >= 0.6 is 26.6 Å². The summed E-state index contributed by atoms with van der Waals surface area (Å²) >= 11 is 3.14. The molecule has 1 heterocycles. The number of rotatable bonds is 1. The summed E-state index contributed by atoms with van der Waals surface area (Å²) in [7, 11) is 1.50. The zero-order chi connectivity index (χ0) is 11.8. The number of hydrogen-bond acceptors (Lipinski definition) is 4. The normalized spacial score (nSPS) is 15.6. The van der Waals surface area contributed by atoms with Crippen molar-refractivity contribution in [3.05, 3.63) is 16.6 Å². The van der Waals surface area contributed by atoms with Crippen LogP contribution in [0.25, 0.3) is 0 Å². The summed E-state index contributed by atoms with van der Waals surface area (Å²) in [5.74, 6) is 0.924. The number of hydrogen-bond donors (Lipinski definition) is 0. The van der Waals surface area contributed by atoms with Gasteiger partial charge in [0.2, 0.25) is 0 Å². The molecule has 0 atom stereocenters. The molecular formula is C9H8BrClO4S. The molecule has 88 valence electrons. The van der Waals surface area contributed by atoms with E-state index < -0.39 is 9.05 Å². The molecule has 1 aromatic carbocycles. The molecule has 0 fully saturated rings. The molecule has 7 heteroatoms. The van der Waals surface area contributed by atoms with Gasteiger partial charge in [-0.15, -0.1) is 0 Å². The van der Waals surface area contributed by atoms with Crippen LogP contribution in [0.3, 0.4) is 0 Å². The van der Waals surface area contributed by atoms with E-state index in [1.165, 1.54) is 6.07 Å². The van der Waals surface area contributed by atoms with Gasteiger partial charge in [0.15, 0.2) is 11.5 Å². The third kappa shape index (κ3) is 2.44. The fourth-order valence-electron chi connectivity index (χ4n) is 1.35. The summed E-state index contributed by atoms with van der Waals surface area (Å²) in [6, 6.07) is 2.92. The minimum atomic E-state index is -3.79. The Morgan fingerprint density at radius 1 is 1.19 bits per heavy atom. The molecule has 0 saturated carbocycles. The lowest BCUT2D eigenvalue weighted by molar-refractivity contribution is 0.297. The van der Waals surface area contributed by atoms with Gasteiger partial charge >= 0.3 is 0 Å². The third-order valence-electron chi connectivity index (χ3n) is 2.06. The monoisotopic (exact) mass is 326 g/mol. The van der Waals surface area contributed by atoms with Crippen molar-refractivity contribution in [1.29, 1.82) is 0 Å². The van der Waals surface area contributed by atoms with E-state index in [-0.39, 0.29) is 4.90 Å². The molecule has 0 bridgehead atoms. The minimum absolute atomic E-state index is 0.0154. The maximum Gasteiger partial charge on any atom is 0.262 e. The van der Waals surface area contributed by atoms with E-state index in [0.29, 0.717) is 29.2 Å². The first kappa shape index (κ1) is 12.0. The van der Waals surface area contributed by atoms with Gasteiger partial charge in [-0.2, -0.15) is 0 Å². The fourth-order valence-corrected chi connectivity index (χ4v) is 3.52. The van der Waals surface area contributed by atoms with Gasteiger partial charge in [-0.25, -0.2) is 8.42 Å². The van der Waals surface area contributed by atoms with E-state index in [1.54, 1.807) is 6.07 Å². The Labute approximate surface area is 106 Å². The van der Waals surface area contributed by atoms with Crippen molar-refractivity contribution in [2.75, 3.05) is 13.2 Å². The largest absolute Gasteiger partial charge is 0.490 e. The Balaban J connectivity index is 2.56. The van der Waals surface area contributed by atoms with Crippen LogP contribution in [0.2, 0.25) is 0 Å². The molecular weight excluding hydrogens is 320 g/mol. The highest BCUT2D eigenvalue weighted by molar-refractivity contribution is 9.10. The highest BCUT2D eigenvalue weighted by Crippen LogP contribution is 2.38. The van der Waals surface area contributed by atoms with Crippen LogP contribution in [0, 0.1) is 0 Å². The Morgan fingerprint density at radius 3 is 2.31 bits per heavy atom. The first-order valence-corrected chi connectivity index (χ1v) is 7.62. The van der Waals surface area contributed by atoms with E-state index in [0.717, 1.165) is 6.42 Å². The van der Waals surface area contributed by atoms with Gasteiger partial charge in [0, 0.05) is 27.6 Å². The molecule has 0 spiro atoms. The summed E-state index contributed by atoms with van der Waals surface area (Å²) in [6.07, 6.45) is 0.759. The van der Waals surface area contributed by atoms with Gasteiger partial charge in [-0.1, -0.05) is 0 Å². The predicted molar refractivity (Wildman–Crippen MR) is 62.8 cm³/mol. The molecule has 0 radical (unpaired) electrons. The summed E-state index contributed by atoms with van der Waals surface area (Å²) in [4.78, 5) is -0.0154. The molecule has 2 rings (SSSR count). The molecule has 0 saturated heterocycles. The highest BCUT2D eigenvalue weighted by Gasteiger charge is 2.20. The van der Waals surface area contributed by atoms with Gasteiger partial charge in [-0.05, 0) is 22.0 Å².